The van der Waals surface area contributed by atoms with Crippen LogP contribution in [0.15, 0.2) is 36.0 Å². The molecule has 0 spiro atoms. The maximum absolute atomic E-state index is 12.9. The highest BCUT2D eigenvalue weighted by molar-refractivity contribution is 7.17. The highest BCUT2D eigenvalue weighted by atomic mass is 32.1. The van der Waals surface area contributed by atoms with Crippen LogP contribution in [-0.2, 0) is 4.74 Å². The average Bonchev–Trinajstić information content (AvgIpc) is 3.56. The molecule has 7 nitrogen and oxygen atoms in total. The second kappa shape index (κ2) is 11.0. The zero-order chi connectivity index (χ0) is 24.2. The normalized spacial score (nSPS) is 17.4. The molecule has 1 amide bonds. The number of thiophene rings is 1. The highest BCUT2D eigenvalue weighted by Crippen LogP contribution is 2.40. The van der Waals surface area contributed by atoms with Crippen molar-refractivity contribution >= 4 is 33.3 Å². The van der Waals surface area contributed by atoms with Crippen LogP contribution in [0.2, 0.25) is 0 Å². The third-order valence-corrected chi connectivity index (χ3v) is 8.11. The molecule has 4 heterocycles. The maximum atomic E-state index is 12.9. The molecule has 2 saturated heterocycles. The third kappa shape index (κ3) is 5.34. The van der Waals surface area contributed by atoms with Crippen molar-refractivity contribution in [1.82, 2.24) is 19.8 Å². The Hall–Kier alpha value is -2.55. The largest absolute Gasteiger partial charge is 0.380 e. The van der Waals surface area contributed by atoms with E-state index in [1.54, 1.807) is 36.7 Å². The van der Waals surface area contributed by atoms with Crippen molar-refractivity contribution in [3.05, 3.63) is 41.5 Å². The van der Waals surface area contributed by atoms with Gasteiger partial charge in [-0.05, 0) is 56.3 Å². The lowest BCUT2D eigenvalue weighted by molar-refractivity contribution is 0.0753. The quantitative estimate of drug-likeness (QED) is 0.434. The van der Waals surface area contributed by atoms with E-state index < -0.39 is 0 Å². The summed E-state index contributed by atoms with van der Waals surface area (Å²) in [6, 6.07) is 7.84. The smallest absolute Gasteiger partial charge is 0.253 e. The van der Waals surface area contributed by atoms with Gasteiger partial charge >= 0.3 is 0 Å². The molecule has 8 heteroatoms. The van der Waals surface area contributed by atoms with Crippen LogP contribution in [-0.4, -0.2) is 85.7 Å². The van der Waals surface area contributed by atoms with Crippen molar-refractivity contribution in [3.8, 4) is 11.1 Å². The van der Waals surface area contributed by atoms with Crippen LogP contribution in [0.1, 0.15) is 36.0 Å². The molecule has 2 aliphatic heterocycles. The Morgan fingerprint density at radius 1 is 1.09 bits per heavy atom. The van der Waals surface area contributed by atoms with Gasteiger partial charge in [-0.3, -0.25) is 4.79 Å². The Kier molecular flexibility index (Phi) is 7.60. The molecular formula is C27H35N5O2S. The minimum absolute atomic E-state index is 0.00361. The number of hydrogen-bond acceptors (Lipinski definition) is 7. The summed E-state index contributed by atoms with van der Waals surface area (Å²) >= 11 is 1.61. The van der Waals surface area contributed by atoms with Gasteiger partial charge in [0.2, 0.25) is 0 Å². The first-order chi connectivity index (χ1) is 17.1. The van der Waals surface area contributed by atoms with Crippen LogP contribution >= 0.6 is 11.3 Å². The van der Waals surface area contributed by atoms with Gasteiger partial charge in [0.1, 0.15) is 17.0 Å². The number of nitrogens with zero attached hydrogens (tertiary/aromatic N) is 5. The number of amides is 1. The van der Waals surface area contributed by atoms with E-state index in [1.165, 1.54) is 25.9 Å². The molecule has 0 atom stereocenters. The summed E-state index contributed by atoms with van der Waals surface area (Å²) in [5.74, 6) is 1.58. The number of piperidine rings is 1. The molecule has 2 aliphatic rings. The molecular weight excluding hydrogens is 458 g/mol. The second-order valence-corrected chi connectivity index (χ2v) is 10.7. The summed E-state index contributed by atoms with van der Waals surface area (Å²) in [6.45, 7) is 7.14. The van der Waals surface area contributed by atoms with E-state index in [2.05, 4.69) is 20.2 Å². The summed E-state index contributed by atoms with van der Waals surface area (Å²) in [7, 11) is 3.58. The first kappa shape index (κ1) is 24.2. The van der Waals surface area contributed by atoms with Crippen LogP contribution in [0.4, 0.5) is 5.82 Å². The van der Waals surface area contributed by atoms with Crippen molar-refractivity contribution in [2.24, 2.45) is 5.92 Å². The Morgan fingerprint density at radius 2 is 1.86 bits per heavy atom. The molecule has 2 fully saturated rings. The number of likely N-dealkylation sites (tertiary alicyclic amines) is 1. The van der Waals surface area contributed by atoms with Crippen LogP contribution in [0.3, 0.4) is 0 Å². The fraction of sp³-hybridized carbons (Fsp3) is 0.519. The predicted octanol–water partition coefficient (Wildman–Crippen LogP) is 4.39. The van der Waals surface area contributed by atoms with E-state index in [0.717, 1.165) is 72.9 Å². The van der Waals surface area contributed by atoms with Crippen LogP contribution in [0.25, 0.3) is 21.3 Å². The predicted molar refractivity (Wildman–Crippen MR) is 142 cm³/mol. The van der Waals surface area contributed by atoms with E-state index in [1.807, 2.05) is 24.3 Å². The topological polar surface area (TPSA) is 61.8 Å². The monoisotopic (exact) mass is 493 g/mol. The van der Waals surface area contributed by atoms with Crippen LogP contribution in [0, 0.1) is 5.92 Å². The zero-order valence-corrected chi connectivity index (χ0v) is 21.6. The molecule has 0 radical (unpaired) electrons. The number of fused-ring (bicyclic) bond motifs is 1. The van der Waals surface area contributed by atoms with Crippen molar-refractivity contribution in [2.45, 2.75) is 25.7 Å². The zero-order valence-electron chi connectivity index (χ0n) is 20.8. The van der Waals surface area contributed by atoms with Crippen molar-refractivity contribution in [3.63, 3.8) is 0 Å². The Bertz CT molecular complexity index is 1150. The molecule has 2 aromatic heterocycles. The number of aromatic nitrogens is 2. The second-order valence-electron chi connectivity index (χ2n) is 9.83. The van der Waals surface area contributed by atoms with Crippen LogP contribution in [0.5, 0.6) is 0 Å². The van der Waals surface area contributed by atoms with Gasteiger partial charge in [0.05, 0.1) is 12.0 Å². The van der Waals surface area contributed by atoms with Gasteiger partial charge in [0.25, 0.3) is 5.91 Å². The summed E-state index contributed by atoms with van der Waals surface area (Å²) < 4.78 is 6.05. The minimum atomic E-state index is 0.00361. The molecule has 3 aromatic rings. The lowest BCUT2D eigenvalue weighted by atomic mass is 9.96. The molecule has 35 heavy (non-hydrogen) atoms. The van der Waals surface area contributed by atoms with Gasteiger partial charge in [-0.2, -0.15) is 0 Å². The van der Waals surface area contributed by atoms with Gasteiger partial charge in [0, 0.05) is 56.8 Å². The summed E-state index contributed by atoms with van der Waals surface area (Å²) in [4.78, 5) is 29.6. The maximum Gasteiger partial charge on any atom is 0.253 e. The first-order valence-corrected chi connectivity index (χ1v) is 13.6. The first-order valence-electron chi connectivity index (χ1n) is 12.7. The summed E-state index contributed by atoms with van der Waals surface area (Å²) in [5, 5.41) is 3.17. The van der Waals surface area contributed by atoms with Crippen molar-refractivity contribution in [2.75, 3.05) is 64.9 Å². The molecule has 0 aliphatic carbocycles. The number of anilines is 1. The van der Waals surface area contributed by atoms with Gasteiger partial charge in [0.15, 0.2) is 0 Å². The number of hydrogen-bond donors (Lipinski definition) is 0. The number of carbonyl (C=O) groups is 1. The molecule has 0 unspecified atom stereocenters. The van der Waals surface area contributed by atoms with Crippen molar-refractivity contribution < 1.29 is 9.53 Å². The number of benzene rings is 1. The Balaban J connectivity index is 1.29. The molecule has 0 bridgehead atoms. The van der Waals surface area contributed by atoms with Gasteiger partial charge in [-0.15, -0.1) is 11.3 Å². The summed E-state index contributed by atoms with van der Waals surface area (Å²) in [6.07, 6.45) is 6.54. The van der Waals surface area contributed by atoms with E-state index >= 15 is 0 Å². The molecule has 0 saturated carbocycles. The minimum Gasteiger partial charge on any atom is -0.380 e. The number of ether oxygens (including phenoxy) is 1. The SMILES string of the molecule is CN(C)C(=O)c1ccccc1-c1csc2ncnc(N3CCC(COCCN4CCCC4)CC3)c12. The van der Waals surface area contributed by atoms with Crippen LogP contribution < -0.4 is 4.90 Å². The fourth-order valence-electron chi connectivity index (χ4n) is 5.20. The molecule has 1 aromatic carbocycles. The van der Waals surface area contributed by atoms with Gasteiger partial charge < -0.3 is 19.4 Å². The van der Waals surface area contributed by atoms with E-state index in [9.17, 15) is 4.79 Å². The standard InChI is InChI=1S/C27H35N5O2S/c1-30(2)27(33)22-8-4-3-7-21(22)23-18-35-26-24(23)25(28-19-29-26)32-13-9-20(10-14-32)17-34-16-15-31-11-5-6-12-31/h3-4,7-8,18-20H,5-6,9-17H2,1-2H3. The number of carbonyl (C=O) groups excluding carboxylic acids is 1. The van der Waals surface area contributed by atoms with E-state index in [4.69, 9.17) is 9.72 Å². The Labute approximate surface area is 211 Å². The average molecular weight is 494 g/mol. The molecule has 0 N–H and O–H groups in total. The molecule has 5 rings (SSSR count). The van der Waals surface area contributed by atoms with E-state index in [0.29, 0.717) is 11.5 Å². The third-order valence-electron chi connectivity index (χ3n) is 7.22. The Morgan fingerprint density at radius 3 is 2.63 bits per heavy atom. The number of rotatable bonds is 8. The van der Waals surface area contributed by atoms with Crippen molar-refractivity contribution in [1.29, 1.82) is 0 Å². The van der Waals surface area contributed by atoms with Gasteiger partial charge in [-0.1, -0.05) is 18.2 Å². The molecule has 186 valence electrons. The lowest BCUT2D eigenvalue weighted by Gasteiger charge is -2.33. The fourth-order valence-corrected chi connectivity index (χ4v) is 6.11. The lowest BCUT2D eigenvalue weighted by Crippen LogP contribution is -2.36. The van der Waals surface area contributed by atoms with E-state index in [-0.39, 0.29) is 5.91 Å². The summed E-state index contributed by atoms with van der Waals surface area (Å²) in [5.41, 5.74) is 2.69. The highest BCUT2D eigenvalue weighted by Gasteiger charge is 2.25. The van der Waals surface area contributed by atoms with Gasteiger partial charge in [-0.25, -0.2) is 9.97 Å².